The van der Waals surface area contributed by atoms with Crippen molar-refractivity contribution in [3.05, 3.63) is 16.0 Å². The molecule has 172 valence electrons. The van der Waals surface area contributed by atoms with Crippen LogP contribution in [0.5, 0.6) is 0 Å². The molecule has 8 nitrogen and oxygen atoms in total. The fourth-order valence-corrected chi connectivity index (χ4v) is 6.93. The molecule has 1 saturated carbocycles. The summed E-state index contributed by atoms with van der Waals surface area (Å²) < 4.78 is 5.84. The molecule has 2 amide bonds. The van der Waals surface area contributed by atoms with Gasteiger partial charge in [0.25, 0.3) is 0 Å². The maximum Gasteiger partial charge on any atom is 0.341 e. The number of esters is 1. The Bertz CT molecular complexity index is 997. The third-order valence-corrected chi connectivity index (χ3v) is 8.77. The van der Waals surface area contributed by atoms with E-state index >= 15 is 0 Å². The number of hydrogen-bond acceptors (Lipinski definition) is 9. The van der Waals surface area contributed by atoms with Crippen molar-refractivity contribution in [3.8, 4) is 0 Å². The zero-order chi connectivity index (χ0) is 22.5. The van der Waals surface area contributed by atoms with Gasteiger partial charge >= 0.3 is 5.97 Å². The van der Waals surface area contributed by atoms with Crippen LogP contribution in [0.1, 0.15) is 66.2 Å². The Morgan fingerprint density at radius 2 is 1.84 bits per heavy atom. The van der Waals surface area contributed by atoms with Gasteiger partial charge in [-0.1, -0.05) is 35.9 Å². The lowest BCUT2D eigenvalue weighted by molar-refractivity contribution is -0.119. The van der Waals surface area contributed by atoms with Gasteiger partial charge in [-0.05, 0) is 51.0 Å². The van der Waals surface area contributed by atoms with Crippen LogP contribution in [-0.2, 0) is 27.2 Å². The zero-order valence-electron chi connectivity index (χ0n) is 17.9. The predicted molar refractivity (Wildman–Crippen MR) is 127 cm³/mol. The number of hydrogen-bond donors (Lipinski definition) is 2. The van der Waals surface area contributed by atoms with Gasteiger partial charge in [0.2, 0.25) is 16.9 Å². The molecule has 32 heavy (non-hydrogen) atoms. The van der Waals surface area contributed by atoms with E-state index < -0.39 is 0 Å². The van der Waals surface area contributed by atoms with Gasteiger partial charge in [0.1, 0.15) is 5.00 Å². The Hall–Kier alpha value is -1.98. The van der Waals surface area contributed by atoms with E-state index in [0.29, 0.717) is 26.6 Å². The van der Waals surface area contributed by atoms with E-state index in [1.165, 1.54) is 34.4 Å². The highest BCUT2D eigenvalue weighted by Gasteiger charge is 2.27. The lowest BCUT2D eigenvalue weighted by atomic mass is 9.95. The largest absolute Gasteiger partial charge is 0.462 e. The van der Waals surface area contributed by atoms with Crippen LogP contribution < -0.4 is 10.6 Å². The first-order valence-electron chi connectivity index (χ1n) is 10.9. The van der Waals surface area contributed by atoms with Gasteiger partial charge in [-0.25, -0.2) is 4.79 Å². The van der Waals surface area contributed by atoms with Gasteiger partial charge in [-0.15, -0.1) is 21.5 Å². The van der Waals surface area contributed by atoms with Crippen molar-refractivity contribution >= 4 is 62.4 Å². The lowest BCUT2D eigenvalue weighted by Gasteiger charge is -2.12. The SMILES string of the molecule is CCOC(=O)c1c(NC(=O)CSc2nnc(NC(=O)C3CCCC3)s2)sc2c1CCCC2. The number of thioether (sulfide) groups is 1. The molecule has 0 bridgehead atoms. The van der Waals surface area contributed by atoms with Gasteiger partial charge < -0.3 is 15.4 Å². The Kier molecular flexibility index (Phi) is 7.80. The first kappa shape index (κ1) is 23.2. The zero-order valence-corrected chi connectivity index (χ0v) is 20.4. The van der Waals surface area contributed by atoms with Crippen LogP contribution in [0.2, 0.25) is 0 Å². The first-order chi connectivity index (χ1) is 15.5. The van der Waals surface area contributed by atoms with E-state index in [1.807, 2.05) is 0 Å². The Labute approximate surface area is 198 Å². The molecule has 0 aliphatic heterocycles. The summed E-state index contributed by atoms with van der Waals surface area (Å²) >= 11 is 3.99. The molecule has 0 radical (unpaired) electrons. The summed E-state index contributed by atoms with van der Waals surface area (Å²) in [6, 6.07) is 0. The van der Waals surface area contributed by atoms with Crippen LogP contribution in [0.3, 0.4) is 0 Å². The third kappa shape index (κ3) is 5.49. The first-order valence-corrected chi connectivity index (χ1v) is 13.6. The molecular weight excluding hydrogens is 468 g/mol. The summed E-state index contributed by atoms with van der Waals surface area (Å²) in [4.78, 5) is 38.5. The second kappa shape index (κ2) is 10.8. The molecule has 0 atom stereocenters. The average molecular weight is 495 g/mol. The summed E-state index contributed by atoms with van der Waals surface area (Å²) in [5.74, 6) is -0.393. The topological polar surface area (TPSA) is 110 Å². The molecule has 11 heteroatoms. The number of carbonyl (C=O) groups is 3. The van der Waals surface area contributed by atoms with Crippen molar-refractivity contribution < 1.29 is 19.1 Å². The van der Waals surface area contributed by atoms with Crippen molar-refractivity contribution in [2.45, 2.75) is 62.6 Å². The quantitative estimate of drug-likeness (QED) is 0.315. The number of nitrogens with zero attached hydrogens (tertiary/aromatic N) is 2. The summed E-state index contributed by atoms with van der Waals surface area (Å²) in [5.41, 5.74) is 1.53. The number of carbonyl (C=O) groups excluding carboxylic acids is 3. The summed E-state index contributed by atoms with van der Waals surface area (Å²) in [5, 5.41) is 14.8. The van der Waals surface area contributed by atoms with Gasteiger partial charge in [-0.2, -0.15) is 0 Å². The molecule has 0 unspecified atom stereocenters. The molecule has 0 aromatic carbocycles. The van der Waals surface area contributed by atoms with Crippen LogP contribution in [0.4, 0.5) is 10.1 Å². The average Bonchev–Trinajstić information content (AvgIpc) is 3.52. The fourth-order valence-electron chi connectivity index (χ4n) is 4.08. The second-order valence-corrected chi connectivity index (χ2v) is 11.1. The van der Waals surface area contributed by atoms with Crippen LogP contribution in [-0.4, -0.2) is 40.3 Å². The number of ether oxygens (including phenoxy) is 1. The van der Waals surface area contributed by atoms with Crippen LogP contribution in [0.25, 0.3) is 0 Å². The molecule has 2 aliphatic rings. The Morgan fingerprint density at radius 1 is 1.06 bits per heavy atom. The van der Waals surface area contributed by atoms with Crippen molar-refractivity contribution in [1.29, 1.82) is 0 Å². The lowest BCUT2D eigenvalue weighted by Crippen LogP contribution is -2.20. The number of amides is 2. The van der Waals surface area contributed by atoms with E-state index in [1.54, 1.807) is 6.92 Å². The molecule has 2 aromatic heterocycles. The van der Waals surface area contributed by atoms with Crippen LogP contribution >= 0.6 is 34.4 Å². The van der Waals surface area contributed by atoms with E-state index in [0.717, 1.165) is 61.8 Å². The highest BCUT2D eigenvalue weighted by molar-refractivity contribution is 8.01. The number of aromatic nitrogens is 2. The van der Waals surface area contributed by atoms with Crippen molar-refractivity contribution in [3.63, 3.8) is 0 Å². The standard InChI is InChI=1S/C21H26N4O4S3/c1-2-29-19(28)16-13-9-5-6-10-14(13)31-18(16)22-15(26)11-30-21-25-24-20(32-21)23-17(27)12-7-3-4-8-12/h12H,2-11H2,1H3,(H,22,26)(H,23,24,27). The van der Waals surface area contributed by atoms with Gasteiger partial charge in [0, 0.05) is 10.8 Å². The predicted octanol–water partition coefficient (Wildman–Crippen LogP) is 4.51. The maximum absolute atomic E-state index is 12.6. The normalized spacial score (nSPS) is 15.9. The number of fused-ring (bicyclic) bond motifs is 1. The minimum atomic E-state index is -0.373. The van der Waals surface area contributed by atoms with Gasteiger partial charge in [0.15, 0.2) is 4.34 Å². The van der Waals surface area contributed by atoms with Crippen molar-refractivity contribution in [2.24, 2.45) is 5.92 Å². The molecular formula is C21H26N4O4S3. The van der Waals surface area contributed by atoms with E-state index in [2.05, 4.69) is 20.8 Å². The van der Waals surface area contributed by atoms with E-state index in [-0.39, 0.29) is 29.5 Å². The minimum absolute atomic E-state index is 0.00102. The van der Waals surface area contributed by atoms with Crippen LogP contribution in [0.15, 0.2) is 4.34 Å². The summed E-state index contributed by atoms with van der Waals surface area (Å²) in [7, 11) is 0. The smallest absolute Gasteiger partial charge is 0.341 e. The molecule has 4 rings (SSSR count). The highest BCUT2D eigenvalue weighted by atomic mass is 32.2. The second-order valence-electron chi connectivity index (χ2n) is 7.82. The van der Waals surface area contributed by atoms with Crippen molar-refractivity contribution in [1.82, 2.24) is 10.2 Å². The maximum atomic E-state index is 12.6. The molecule has 2 N–H and O–H groups in total. The van der Waals surface area contributed by atoms with E-state index in [4.69, 9.17) is 4.74 Å². The Balaban J connectivity index is 1.34. The number of anilines is 2. The number of aryl methyl sites for hydroxylation is 1. The van der Waals surface area contributed by atoms with Gasteiger partial charge in [0.05, 0.1) is 17.9 Å². The fraction of sp³-hybridized carbons (Fsp3) is 0.571. The van der Waals surface area contributed by atoms with Gasteiger partial charge in [-0.3, -0.25) is 9.59 Å². The summed E-state index contributed by atoms with van der Waals surface area (Å²) in [6.07, 6.45) is 7.93. The number of rotatable bonds is 8. The molecule has 2 aliphatic carbocycles. The monoisotopic (exact) mass is 494 g/mol. The van der Waals surface area contributed by atoms with E-state index in [9.17, 15) is 14.4 Å². The number of thiophene rings is 1. The summed E-state index contributed by atoms with van der Waals surface area (Å²) in [6.45, 7) is 2.07. The third-order valence-electron chi connectivity index (χ3n) is 5.59. The van der Waals surface area contributed by atoms with Crippen LogP contribution in [0, 0.1) is 5.92 Å². The number of nitrogens with one attached hydrogen (secondary N) is 2. The molecule has 0 saturated heterocycles. The molecule has 2 aromatic rings. The highest BCUT2D eigenvalue weighted by Crippen LogP contribution is 2.39. The molecule has 2 heterocycles. The Morgan fingerprint density at radius 3 is 2.62 bits per heavy atom. The minimum Gasteiger partial charge on any atom is -0.462 e. The van der Waals surface area contributed by atoms with Crippen molar-refractivity contribution in [2.75, 3.05) is 23.0 Å². The molecule has 0 spiro atoms. The molecule has 1 fully saturated rings.